The van der Waals surface area contributed by atoms with Crippen molar-refractivity contribution in [3.8, 4) is 0 Å². The van der Waals surface area contributed by atoms with Crippen LogP contribution in [0.2, 0.25) is 0 Å². The summed E-state index contributed by atoms with van der Waals surface area (Å²) < 4.78 is 29.6. The molecule has 7 nitrogen and oxygen atoms in total. The summed E-state index contributed by atoms with van der Waals surface area (Å²) in [7, 11) is -3.62. The smallest absolute Gasteiger partial charge is 0.246 e. The molecule has 1 aliphatic carbocycles. The quantitative estimate of drug-likeness (QED) is 0.574. The van der Waals surface area contributed by atoms with Crippen LogP contribution in [0.15, 0.2) is 4.90 Å². The zero-order valence-corrected chi connectivity index (χ0v) is 19.6. The maximum absolute atomic E-state index is 13.3. The van der Waals surface area contributed by atoms with Gasteiger partial charge in [0.05, 0.1) is 11.4 Å². The van der Waals surface area contributed by atoms with Crippen LogP contribution in [0.25, 0.3) is 0 Å². The minimum absolute atomic E-state index is 0.0212. The lowest BCUT2D eigenvalue weighted by molar-refractivity contribution is -0.134. The van der Waals surface area contributed by atoms with Crippen molar-refractivity contribution in [1.29, 1.82) is 0 Å². The van der Waals surface area contributed by atoms with E-state index in [2.05, 4.69) is 5.10 Å². The Morgan fingerprint density at radius 3 is 2.17 bits per heavy atom. The Balaban J connectivity index is 2.27. The van der Waals surface area contributed by atoms with Crippen LogP contribution in [0.5, 0.6) is 0 Å². The highest BCUT2D eigenvalue weighted by molar-refractivity contribution is 7.89. The number of rotatable bonds is 10. The molecule has 1 saturated carbocycles. The third-order valence-corrected chi connectivity index (χ3v) is 7.97. The average molecular weight is 427 g/mol. The second kappa shape index (κ2) is 10.6. The number of carbonyl (C=O) groups excluding carboxylic acids is 1. The first-order valence-electron chi connectivity index (χ1n) is 11.1. The molecule has 1 aliphatic rings. The first-order valence-corrected chi connectivity index (χ1v) is 12.5. The van der Waals surface area contributed by atoms with Crippen molar-refractivity contribution < 1.29 is 13.2 Å². The number of carbonyl (C=O) groups is 1. The maximum atomic E-state index is 13.3. The van der Waals surface area contributed by atoms with E-state index >= 15 is 0 Å². The van der Waals surface area contributed by atoms with Crippen molar-refractivity contribution >= 4 is 15.9 Å². The molecule has 0 N–H and O–H groups in total. The first kappa shape index (κ1) is 23.9. The zero-order valence-electron chi connectivity index (χ0n) is 18.8. The highest BCUT2D eigenvalue weighted by Gasteiger charge is 2.31. The minimum Gasteiger partial charge on any atom is -0.338 e. The Labute approximate surface area is 176 Å². The molecule has 0 radical (unpaired) electrons. The third-order valence-electron chi connectivity index (χ3n) is 5.82. The van der Waals surface area contributed by atoms with Gasteiger partial charge in [-0.15, -0.1) is 0 Å². The number of likely N-dealkylation sites (N-methyl/N-ethyl adjacent to an activating group) is 1. The summed E-state index contributed by atoms with van der Waals surface area (Å²) in [5.41, 5.74) is 1.01. The topological polar surface area (TPSA) is 75.5 Å². The van der Waals surface area contributed by atoms with Gasteiger partial charge in [-0.3, -0.25) is 9.48 Å². The number of aromatic nitrogens is 2. The van der Waals surface area contributed by atoms with Crippen LogP contribution in [-0.4, -0.2) is 59.0 Å². The standard InChI is InChI=1S/C21H38N4O3S/c1-6-14-23(15-7-2)29(27,28)21-17(4)22-25(18(21)5)16-20(26)24(8-3)19-12-10-9-11-13-19/h19H,6-16H2,1-5H3. The predicted molar refractivity (Wildman–Crippen MR) is 115 cm³/mol. The lowest BCUT2D eigenvalue weighted by Gasteiger charge is -2.33. The van der Waals surface area contributed by atoms with E-state index in [0.29, 0.717) is 37.1 Å². The fourth-order valence-corrected chi connectivity index (χ4v) is 6.43. The molecule has 1 aromatic heterocycles. The van der Waals surface area contributed by atoms with Crippen LogP contribution in [0.4, 0.5) is 0 Å². The maximum Gasteiger partial charge on any atom is 0.246 e. The summed E-state index contributed by atoms with van der Waals surface area (Å²) in [4.78, 5) is 15.2. The molecule has 166 valence electrons. The molecular weight excluding hydrogens is 388 g/mol. The minimum atomic E-state index is -3.62. The zero-order chi connectivity index (χ0) is 21.6. The Hall–Kier alpha value is -1.41. The number of hydrogen-bond donors (Lipinski definition) is 0. The summed E-state index contributed by atoms with van der Waals surface area (Å²) in [6.45, 7) is 11.2. The van der Waals surface area contributed by atoms with E-state index in [1.807, 2.05) is 25.7 Å². The number of hydrogen-bond acceptors (Lipinski definition) is 4. The average Bonchev–Trinajstić information content (AvgIpc) is 2.96. The Morgan fingerprint density at radius 1 is 1.07 bits per heavy atom. The summed E-state index contributed by atoms with van der Waals surface area (Å²) in [5, 5.41) is 4.44. The van der Waals surface area contributed by atoms with Gasteiger partial charge in [-0.05, 0) is 46.5 Å². The Kier molecular flexibility index (Phi) is 8.70. The van der Waals surface area contributed by atoms with E-state index in [4.69, 9.17) is 0 Å². The molecular formula is C21H38N4O3S. The van der Waals surface area contributed by atoms with Gasteiger partial charge in [0.1, 0.15) is 11.4 Å². The van der Waals surface area contributed by atoms with Crippen molar-refractivity contribution in [2.45, 2.75) is 97.0 Å². The van der Waals surface area contributed by atoms with Gasteiger partial charge in [0.2, 0.25) is 15.9 Å². The van der Waals surface area contributed by atoms with Crippen molar-refractivity contribution in [3.63, 3.8) is 0 Å². The first-order chi connectivity index (χ1) is 13.8. The molecule has 0 atom stereocenters. The van der Waals surface area contributed by atoms with Gasteiger partial charge < -0.3 is 4.90 Å². The normalized spacial score (nSPS) is 15.8. The number of amides is 1. The molecule has 1 amide bonds. The molecule has 8 heteroatoms. The van der Waals surface area contributed by atoms with Gasteiger partial charge in [0, 0.05) is 25.7 Å². The monoisotopic (exact) mass is 426 g/mol. The molecule has 0 saturated heterocycles. The summed E-state index contributed by atoms with van der Waals surface area (Å²) in [5.74, 6) is 0.0212. The van der Waals surface area contributed by atoms with E-state index in [1.54, 1.807) is 18.5 Å². The molecule has 0 aliphatic heterocycles. The SMILES string of the molecule is CCCN(CCC)S(=O)(=O)c1c(C)nn(CC(=O)N(CC)C2CCCCC2)c1C. The lowest BCUT2D eigenvalue weighted by atomic mass is 9.94. The van der Waals surface area contributed by atoms with Crippen LogP contribution >= 0.6 is 0 Å². The second-order valence-corrected chi connectivity index (χ2v) is 9.91. The third kappa shape index (κ3) is 5.40. The number of nitrogens with zero attached hydrogens (tertiary/aromatic N) is 4. The molecule has 0 unspecified atom stereocenters. The lowest BCUT2D eigenvalue weighted by Crippen LogP contribution is -2.43. The highest BCUT2D eigenvalue weighted by Crippen LogP contribution is 2.26. The van der Waals surface area contributed by atoms with Gasteiger partial charge in [-0.1, -0.05) is 33.1 Å². The molecule has 0 bridgehead atoms. The van der Waals surface area contributed by atoms with Crippen molar-refractivity contribution in [2.24, 2.45) is 0 Å². The van der Waals surface area contributed by atoms with E-state index in [9.17, 15) is 13.2 Å². The van der Waals surface area contributed by atoms with Crippen molar-refractivity contribution in [2.75, 3.05) is 19.6 Å². The molecule has 0 spiro atoms. The summed E-state index contributed by atoms with van der Waals surface area (Å²) in [6.07, 6.45) is 7.21. The molecule has 29 heavy (non-hydrogen) atoms. The molecule has 1 fully saturated rings. The van der Waals surface area contributed by atoms with E-state index in [1.165, 1.54) is 23.6 Å². The summed E-state index contributed by atoms with van der Waals surface area (Å²) in [6, 6.07) is 0.297. The second-order valence-electron chi connectivity index (χ2n) is 8.03. The van der Waals surface area contributed by atoms with Crippen LogP contribution < -0.4 is 0 Å². The molecule has 2 rings (SSSR count). The molecule has 0 aromatic carbocycles. The largest absolute Gasteiger partial charge is 0.338 e. The molecule has 1 aromatic rings. The van der Waals surface area contributed by atoms with E-state index in [-0.39, 0.29) is 17.3 Å². The van der Waals surface area contributed by atoms with Crippen LogP contribution in [0, 0.1) is 13.8 Å². The van der Waals surface area contributed by atoms with E-state index in [0.717, 1.165) is 25.7 Å². The van der Waals surface area contributed by atoms with Crippen molar-refractivity contribution in [1.82, 2.24) is 19.0 Å². The van der Waals surface area contributed by atoms with Gasteiger partial charge in [-0.2, -0.15) is 9.40 Å². The van der Waals surface area contributed by atoms with Gasteiger partial charge in [-0.25, -0.2) is 8.42 Å². The van der Waals surface area contributed by atoms with Gasteiger partial charge in [0.25, 0.3) is 0 Å². The molecule has 1 heterocycles. The van der Waals surface area contributed by atoms with Crippen LogP contribution in [0.1, 0.15) is 77.1 Å². The summed E-state index contributed by atoms with van der Waals surface area (Å²) >= 11 is 0. The number of aryl methyl sites for hydroxylation is 1. The number of sulfonamides is 1. The predicted octanol–water partition coefficient (Wildman–Crippen LogP) is 3.49. The fourth-order valence-electron chi connectivity index (χ4n) is 4.44. The van der Waals surface area contributed by atoms with E-state index < -0.39 is 10.0 Å². The van der Waals surface area contributed by atoms with Crippen molar-refractivity contribution in [3.05, 3.63) is 11.4 Å². The fraction of sp³-hybridized carbons (Fsp3) is 0.810. The Bertz CT molecular complexity index is 776. The highest BCUT2D eigenvalue weighted by atomic mass is 32.2. The Morgan fingerprint density at radius 2 is 1.66 bits per heavy atom. The van der Waals surface area contributed by atoms with Gasteiger partial charge >= 0.3 is 0 Å². The van der Waals surface area contributed by atoms with Gasteiger partial charge in [0.15, 0.2) is 0 Å². The van der Waals surface area contributed by atoms with Crippen LogP contribution in [-0.2, 0) is 21.4 Å². The van der Waals surface area contributed by atoms with Crippen LogP contribution in [0.3, 0.4) is 0 Å².